The highest BCUT2D eigenvalue weighted by molar-refractivity contribution is 5.24. The van der Waals surface area contributed by atoms with Crippen molar-refractivity contribution in [3.63, 3.8) is 0 Å². The second-order valence-electron chi connectivity index (χ2n) is 5.67. The zero-order chi connectivity index (χ0) is 9.05. The fourth-order valence-corrected chi connectivity index (χ4v) is 4.74. The highest BCUT2D eigenvalue weighted by atomic mass is 14.6. The zero-order valence-electron chi connectivity index (χ0n) is 8.84. The Hall–Kier alpha value is -0.260. The Morgan fingerprint density at radius 3 is 3.08 bits per heavy atom. The number of allylic oxidation sites excluding steroid dienone is 2. The van der Waals surface area contributed by atoms with Crippen LogP contribution in [0, 0.1) is 23.2 Å². The zero-order valence-corrected chi connectivity index (χ0v) is 8.84. The summed E-state index contributed by atoms with van der Waals surface area (Å²) in [6, 6.07) is 0. The second-order valence-corrected chi connectivity index (χ2v) is 5.67. The third-order valence-electron chi connectivity index (χ3n) is 5.19. The lowest BCUT2D eigenvalue weighted by molar-refractivity contribution is -0.0808. The topological polar surface area (TPSA) is 0 Å². The summed E-state index contributed by atoms with van der Waals surface area (Å²) in [5.41, 5.74) is 2.44. The number of rotatable bonds is 0. The van der Waals surface area contributed by atoms with Gasteiger partial charge in [-0.05, 0) is 55.8 Å². The lowest BCUT2D eigenvalue weighted by Crippen LogP contribution is -2.54. The van der Waals surface area contributed by atoms with Crippen molar-refractivity contribution < 1.29 is 0 Å². The molecule has 0 heterocycles. The molecule has 0 aliphatic heterocycles. The number of fused-ring (bicyclic) bond motifs is 4. The molecule has 13 heavy (non-hydrogen) atoms. The predicted octanol–water partition coefficient (Wildman–Crippen LogP) is 3.78. The van der Waals surface area contributed by atoms with Gasteiger partial charge in [-0.3, -0.25) is 0 Å². The van der Waals surface area contributed by atoms with E-state index in [9.17, 15) is 0 Å². The molecule has 3 rings (SSSR count). The van der Waals surface area contributed by atoms with E-state index in [2.05, 4.69) is 19.9 Å². The molecule has 0 nitrogen and oxygen atoms in total. The van der Waals surface area contributed by atoms with Crippen molar-refractivity contribution in [2.24, 2.45) is 23.2 Å². The van der Waals surface area contributed by atoms with Crippen LogP contribution in [-0.4, -0.2) is 0 Å². The molecule has 2 fully saturated rings. The molecular weight excluding hydrogens is 156 g/mol. The van der Waals surface area contributed by atoms with Gasteiger partial charge < -0.3 is 0 Å². The first-order chi connectivity index (χ1) is 6.23. The van der Waals surface area contributed by atoms with Crippen LogP contribution in [0.25, 0.3) is 0 Å². The van der Waals surface area contributed by atoms with Crippen molar-refractivity contribution in [2.75, 3.05) is 0 Å². The summed E-state index contributed by atoms with van der Waals surface area (Å²) in [6.07, 6.45) is 9.88. The van der Waals surface area contributed by atoms with Gasteiger partial charge in [-0.25, -0.2) is 0 Å². The van der Waals surface area contributed by atoms with E-state index in [-0.39, 0.29) is 0 Å². The Morgan fingerprint density at radius 2 is 2.23 bits per heavy atom. The van der Waals surface area contributed by atoms with E-state index in [0.29, 0.717) is 0 Å². The highest BCUT2D eigenvalue weighted by Crippen LogP contribution is 2.68. The molecule has 0 aromatic rings. The second kappa shape index (κ2) is 2.40. The number of hydrogen-bond acceptors (Lipinski definition) is 0. The number of hydrogen-bond donors (Lipinski definition) is 0. The maximum absolute atomic E-state index is 2.56. The summed E-state index contributed by atoms with van der Waals surface area (Å²) in [6.45, 7) is 4.93. The maximum atomic E-state index is 2.56. The molecule has 0 aromatic carbocycles. The SMILES string of the molecule is CC1=CCCC2(C)C3CCCC3C12. The Morgan fingerprint density at radius 1 is 1.38 bits per heavy atom. The van der Waals surface area contributed by atoms with E-state index in [4.69, 9.17) is 0 Å². The smallest absolute Gasteiger partial charge is 0.0118 e. The molecule has 4 unspecified atom stereocenters. The summed E-state index contributed by atoms with van der Waals surface area (Å²) in [5.74, 6) is 3.16. The van der Waals surface area contributed by atoms with Gasteiger partial charge in [0, 0.05) is 0 Å². The van der Waals surface area contributed by atoms with Crippen LogP contribution in [0.5, 0.6) is 0 Å². The van der Waals surface area contributed by atoms with E-state index in [0.717, 1.165) is 23.2 Å². The lowest BCUT2D eigenvalue weighted by atomic mass is 9.44. The van der Waals surface area contributed by atoms with Gasteiger partial charge in [0.15, 0.2) is 0 Å². The van der Waals surface area contributed by atoms with Crippen LogP contribution in [0.1, 0.15) is 46.0 Å². The minimum Gasteiger partial charge on any atom is -0.0853 e. The van der Waals surface area contributed by atoms with Gasteiger partial charge in [0.2, 0.25) is 0 Å². The molecule has 72 valence electrons. The first-order valence-corrected chi connectivity index (χ1v) is 5.90. The van der Waals surface area contributed by atoms with Crippen molar-refractivity contribution >= 4 is 0 Å². The minimum absolute atomic E-state index is 0.722. The Bertz CT molecular complexity index is 263. The molecule has 0 amide bonds. The van der Waals surface area contributed by atoms with Crippen molar-refractivity contribution in [1.29, 1.82) is 0 Å². The van der Waals surface area contributed by atoms with E-state index in [1.807, 2.05) is 0 Å². The molecular formula is C13H20. The van der Waals surface area contributed by atoms with Crippen LogP contribution in [0.2, 0.25) is 0 Å². The average Bonchev–Trinajstić information content (AvgIpc) is 2.48. The molecule has 0 aromatic heterocycles. The van der Waals surface area contributed by atoms with Gasteiger partial charge in [-0.2, -0.15) is 0 Å². The van der Waals surface area contributed by atoms with Gasteiger partial charge in [0.25, 0.3) is 0 Å². The molecule has 0 heteroatoms. The fourth-order valence-electron chi connectivity index (χ4n) is 4.74. The summed E-state index contributed by atoms with van der Waals surface area (Å²) < 4.78 is 0. The average molecular weight is 176 g/mol. The fraction of sp³-hybridized carbons (Fsp3) is 0.846. The largest absolute Gasteiger partial charge is 0.0853 e. The van der Waals surface area contributed by atoms with Crippen LogP contribution in [0.4, 0.5) is 0 Å². The van der Waals surface area contributed by atoms with Gasteiger partial charge >= 0.3 is 0 Å². The van der Waals surface area contributed by atoms with Crippen LogP contribution >= 0.6 is 0 Å². The molecule has 4 atom stereocenters. The summed E-state index contributed by atoms with van der Waals surface area (Å²) in [7, 11) is 0. The standard InChI is InChI=1S/C13H20/c1-9-5-4-8-13(2)11-7-3-6-10(11)12(9)13/h5,10-12H,3-4,6-8H2,1-2H3. The molecule has 3 aliphatic rings. The lowest BCUT2D eigenvalue weighted by Gasteiger charge is -2.60. The van der Waals surface area contributed by atoms with Crippen LogP contribution < -0.4 is 0 Å². The summed E-state index contributed by atoms with van der Waals surface area (Å²) in [5, 5.41) is 0. The first kappa shape index (κ1) is 8.08. The molecule has 0 spiro atoms. The molecule has 0 saturated heterocycles. The van der Waals surface area contributed by atoms with Crippen LogP contribution in [0.15, 0.2) is 11.6 Å². The van der Waals surface area contributed by atoms with Gasteiger partial charge in [0.1, 0.15) is 0 Å². The molecule has 2 saturated carbocycles. The van der Waals surface area contributed by atoms with Gasteiger partial charge in [0.05, 0.1) is 0 Å². The molecule has 3 aliphatic carbocycles. The van der Waals surface area contributed by atoms with Crippen LogP contribution in [-0.2, 0) is 0 Å². The summed E-state index contributed by atoms with van der Waals surface area (Å²) in [4.78, 5) is 0. The third kappa shape index (κ3) is 0.825. The Labute approximate surface area is 81.4 Å². The quantitative estimate of drug-likeness (QED) is 0.493. The van der Waals surface area contributed by atoms with Crippen molar-refractivity contribution in [2.45, 2.75) is 46.0 Å². The highest BCUT2D eigenvalue weighted by Gasteiger charge is 2.60. The van der Waals surface area contributed by atoms with Crippen molar-refractivity contribution in [3.8, 4) is 0 Å². The van der Waals surface area contributed by atoms with E-state index >= 15 is 0 Å². The molecule has 0 radical (unpaired) electrons. The third-order valence-corrected chi connectivity index (χ3v) is 5.19. The van der Waals surface area contributed by atoms with Crippen molar-refractivity contribution in [3.05, 3.63) is 11.6 Å². The maximum Gasteiger partial charge on any atom is -0.0118 e. The Balaban J connectivity index is 1.96. The van der Waals surface area contributed by atoms with Crippen LogP contribution in [0.3, 0.4) is 0 Å². The van der Waals surface area contributed by atoms with E-state index in [1.165, 1.54) is 32.1 Å². The van der Waals surface area contributed by atoms with Gasteiger partial charge in [-0.15, -0.1) is 0 Å². The monoisotopic (exact) mass is 176 g/mol. The first-order valence-electron chi connectivity index (χ1n) is 5.90. The summed E-state index contributed by atoms with van der Waals surface area (Å²) >= 11 is 0. The predicted molar refractivity (Wildman–Crippen MR) is 55.4 cm³/mol. The van der Waals surface area contributed by atoms with E-state index in [1.54, 1.807) is 5.57 Å². The van der Waals surface area contributed by atoms with Gasteiger partial charge in [-0.1, -0.05) is 25.0 Å². The van der Waals surface area contributed by atoms with E-state index < -0.39 is 0 Å². The minimum atomic E-state index is 0.722. The molecule has 0 N–H and O–H groups in total. The molecule has 0 bridgehead atoms. The Kier molecular flexibility index (Phi) is 1.49. The van der Waals surface area contributed by atoms with Crippen molar-refractivity contribution in [1.82, 2.24) is 0 Å². The normalized spacial score (nSPS) is 53.4.